The zero-order valence-corrected chi connectivity index (χ0v) is 24.8. The van der Waals surface area contributed by atoms with E-state index < -0.39 is 32.9 Å². The van der Waals surface area contributed by atoms with Gasteiger partial charge in [0.25, 0.3) is 0 Å². The summed E-state index contributed by atoms with van der Waals surface area (Å²) in [6, 6.07) is 8.75. The second-order valence-corrected chi connectivity index (χ2v) is 12.7. The van der Waals surface area contributed by atoms with Gasteiger partial charge in [-0.1, -0.05) is 24.8 Å². The Morgan fingerprint density at radius 3 is 2.33 bits per heavy atom. The highest BCUT2D eigenvalue weighted by atomic mass is 32.2. The lowest BCUT2D eigenvalue weighted by molar-refractivity contribution is -0.127. The van der Waals surface area contributed by atoms with E-state index in [9.17, 15) is 18.0 Å². The van der Waals surface area contributed by atoms with Gasteiger partial charge in [-0.15, -0.1) is 0 Å². The Hall–Kier alpha value is -4.65. The van der Waals surface area contributed by atoms with Crippen LogP contribution in [0.3, 0.4) is 0 Å². The summed E-state index contributed by atoms with van der Waals surface area (Å²) in [4.78, 5) is 38.4. The van der Waals surface area contributed by atoms with Crippen LogP contribution in [-0.2, 0) is 14.6 Å². The molecule has 0 saturated carbocycles. The lowest BCUT2D eigenvalue weighted by Crippen LogP contribution is -2.58. The molecule has 3 heterocycles. The first kappa shape index (κ1) is 29.8. The number of amides is 1. The number of para-hydroxylation sites is 1. The molecule has 5 rings (SSSR count). The Kier molecular flexibility index (Phi) is 7.55. The normalized spacial score (nSPS) is 17.3. The molecule has 0 bridgehead atoms. The van der Waals surface area contributed by atoms with Crippen molar-refractivity contribution in [2.24, 2.45) is 0 Å². The summed E-state index contributed by atoms with van der Waals surface area (Å²) in [5.74, 6) is -1.91. The van der Waals surface area contributed by atoms with E-state index in [0.29, 0.717) is 5.56 Å². The Morgan fingerprint density at radius 1 is 1.07 bits per heavy atom. The van der Waals surface area contributed by atoms with Crippen LogP contribution >= 0.6 is 0 Å². The third-order valence-electron chi connectivity index (χ3n) is 7.56. The maximum absolute atomic E-state index is 15.9. The van der Waals surface area contributed by atoms with Gasteiger partial charge in [-0.2, -0.15) is 4.98 Å². The van der Waals surface area contributed by atoms with E-state index in [2.05, 4.69) is 16.5 Å². The number of nitrogens with zero attached hydrogens (tertiary/aromatic N) is 5. The number of hydrogen-bond acceptors (Lipinski definition) is 8. The van der Waals surface area contributed by atoms with E-state index in [-0.39, 0.29) is 69.8 Å². The second-order valence-electron chi connectivity index (χ2n) is 10.7. The quantitative estimate of drug-likeness (QED) is 0.269. The lowest BCUT2D eigenvalue weighted by Gasteiger charge is -2.45. The number of halogens is 2. The monoisotopic (exact) mass is 608 g/mol. The predicted octanol–water partition coefficient (Wildman–Crippen LogP) is 3.63. The number of fused-ring (bicyclic) bond motifs is 1. The molecule has 1 fully saturated rings. The zero-order chi connectivity index (χ0) is 31.4. The molecule has 0 unspecified atom stereocenters. The zero-order valence-electron chi connectivity index (χ0n) is 24.0. The smallest absolute Gasteiger partial charge is 0.355 e. The summed E-state index contributed by atoms with van der Waals surface area (Å²) < 4.78 is 57.6. The highest BCUT2D eigenvalue weighted by molar-refractivity contribution is 7.90. The van der Waals surface area contributed by atoms with Crippen LogP contribution in [0.1, 0.15) is 19.4 Å². The number of rotatable bonds is 5. The Balaban J connectivity index is 1.89. The Bertz CT molecular complexity index is 1950. The molecule has 43 heavy (non-hydrogen) atoms. The molecular weight excluding hydrogens is 578 g/mol. The fourth-order valence-corrected chi connectivity index (χ4v) is 6.67. The number of anilines is 2. The summed E-state index contributed by atoms with van der Waals surface area (Å²) in [6.45, 7) is 9.39. The highest BCUT2D eigenvalue weighted by Gasteiger charge is 2.35. The molecule has 2 aromatic carbocycles. The van der Waals surface area contributed by atoms with Crippen molar-refractivity contribution in [1.82, 2.24) is 19.4 Å². The first-order valence-corrected chi connectivity index (χ1v) is 15.3. The molecule has 2 atom stereocenters. The van der Waals surface area contributed by atoms with E-state index in [1.54, 1.807) is 22.8 Å². The minimum absolute atomic E-state index is 0.00638. The van der Waals surface area contributed by atoms with Crippen LogP contribution < -0.4 is 16.3 Å². The largest absolute Gasteiger partial charge is 0.398 e. The number of carbonyl (C=O) groups is 1. The molecule has 224 valence electrons. The molecule has 0 aliphatic carbocycles. The van der Waals surface area contributed by atoms with Gasteiger partial charge in [-0.3, -0.25) is 4.79 Å². The molecule has 0 radical (unpaired) electrons. The summed E-state index contributed by atoms with van der Waals surface area (Å²) in [5, 5.41) is 0.0839. The maximum atomic E-state index is 15.9. The summed E-state index contributed by atoms with van der Waals surface area (Å²) in [7, 11) is -3.86. The molecule has 1 aliphatic heterocycles. The van der Waals surface area contributed by atoms with Crippen molar-refractivity contribution >= 4 is 38.3 Å². The fourth-order valence-electron chi connectivity index (χ4n) is 5.74. The van der Waals surface area contributed by atoms with Crippen LogP contribution in [0, 0.1) is 18.6 Å². The number of piperazine rings is 1. The molecule has 1 saturated heterocycles. The van der Waals surface area contributed by atoms with Gasteiger partial charge in [0, 0.05) is 37.1 Å². The molecule has 13 heteroatoms. The van der Waals surface area contributed by atoms with E-state index in [0.717, 1.165) is 23.0 Å². The molecule has 4 aromatic rings. The average molecular weight is 609 g/mol. The van der Waals surface area contributed by atoms with Gasteiger partial charge in [0.1, 0.15) is 17.3 Å². The number of hydrogen-bond donors (Lipinski definition) is 1. The van der Waals surface area contributed by atoms with Crippen LogP contribution in [0.2, 0.25) is 0 Å². The lowest BCUT2D eigenvalue weighted by atomic mass is 10.0. The fraction of sp³-hybridized carbons (Fsp3) is 0.267. The van der Waals surface area contributed by atoms with Crippen molar-refractivity contribution in [3.8, 4) is 16.9 Å². The minimum Gasteiger partial charge on any atom is -0.398 e. The first-order valence-electron chi connectivity index (χ1n) is 13.4. The minimum atomic E-state index is -3.86. The standard InChI is InChI=1S/C30H30F2N6O4S/c1-6-24(39)36-14-17(3)37(18(4)15-36)29-19-13-21(32)26(25-20(31)10-8-11-22(25)33)34-28(19)38(30(40)35-29)27-16(2)9-7-12-23(27)43(5,41)42/h6-13,17-18H,1,14-15,33H2,2-5H3/t17-,18-/m0/s1. The van der Waals surface area contributed by atoms with Gasteiger partial charge < -0.3 is 15.5 Å². The number of benzene rings is 2. The van der Waals surface area contributed by atoms with Gasteiger partial charge in [0.05, 0.1) is 21.5 Å². The number of carbonyl (C=O) groups excluding carboxylic acids is 1. The molecule has 10 nitrogen and oxygen atoms in total. The van der Waals surface area contributed by atoms with Gasteiger partial charge in [-0.25, -0.2) is 31.5 Å². The molecule has 0 spiro atoms. The molecule has 2 aromatic heterocycles. The van der Waals surface area contributed by atoms with E-state index >= 15 is 8.78 Å². The summed E-state index contributed by atoms with van der Waals surface area (Å²) in [6.07, 6.45) is 2.23. The second kappa shape index (κ2) is 10.9. The number of aromatic nitrogens is 3. The Morgan fingerprint density at radius 2 is 1.72 bits per heavy atom. The number of nitrogen functional groups attached to an aromatic ring is 1. The van der Waals surface area contributed by atoms with E-state index in [1.807, 2.05) is 13.8 Å². The van der Waals surface area contributed by atoms with Crippen LogP contribution in [0.4, 0.5) is 20.3 Å². The van der Waals surface area contributed by atoms with Crippen LogP contribution in [-0.4, -0.2) is 65.2 Å². The molecule has 2 N–H and O–H groups in total. The molecule has 1 amide bonds. The van der Waals surface area contributed by atoms with Crippen LogP contribution in [0.5, 0.6) is 0 Å². The predicted molar refractivity (Wildman–Crippen MR) is 161 cm³/mol. The van der Waals surface area contributed by atoms with Crippen molar-refractivity contribution < 1.29 is 22.0 Å². The van der Waals surface area contributed by atoms with E-state index in [1.165, 1.54) is 30.3 Å². The highest BCUT2D eigenvalue weighted by Crippen LogP contribution is 2.36. The summed E-state index contributed by atoms with van der Waals surface area (Å²) >= 11 is 0. The third kappa shape index (κ3) is 5.13. The average Bonchev–Trinajstić information content (AvgIpc) is 2.92. The van der Waals surface area contributed by atoms with Crippen molar-refractivity contribution in [1.29, 1.82) is 0 Å². The van der Waals surface area contributed by atoms with Crippen molar-refractivity contribution in [2.45, 2.75) is 37.8 Å². The van der Waals surface area contributed by atoms with Crippen LogP contribution in [0.25, 0.3) is 28.0 Å². The molecule has 1 aliphatic rings. The van der Waals surface area contributed by atoms with Crippen molar-refractivity contribution in [2.75, 3.05) is 30.0 Å². The number of nitrogens with two attached hydrogens (primary N) is 1. The third-order valence-corrected chi connectivity index (χ3v) is 8.69. The molecular formula is C30H30F2N6O4S. The first-order chi connectivity index (χ1) is 20.2. The number of pyridine rings is 1. The Labute approximate surface area is 247 Å². The van der Waals surface area contributed by atoms with Gasteiger partial charge >= 0.3 is 5.69 Å². The number of sulfone groups is 1. The maximum Gasteiger partial charge on any atom is 0.355 e. The van der Waals surface area contributed by atoms with Crippen molar-refractivity contribution in [3.05, 3.63) is 82.8 Å². The van der Waals surface area contributed by atoms with Crippen molar-refractivity contribution in [3.63, 3.8) is 0 Å². The van der Waals surface area contributed by atoms with E-state index in [4.69, 9.17) is 5.73 Å². The SMILES string of the molecule is C=CC(=O)N1C[C@H](C)N(c2nc(=O)n(-c3c(C)cccc3S(C)(=O)=O)c3nc(-c4c(N)cccc4F)c(F)cc23)[C@@H](C)C1. The summed E-state index contributed by atoms with van der Waals surface area (Å²) in [5.41, 5.74) is 4.59. The number of aryl methyl sites for hydroxylation is 1. The van der Waals surface area contributed by atoms with Crippen LogP contribution in [0.15, 0.2) is 64.8 Å². The van der Waals surface area contributed by atoms with Gasteiger partial charge in [0.15, 0.2) is 21.3 Å². The topological polar surface area (TPSA) is 131 Å². The van der Waals surface area contributed by atoms with Gasteiger partial charge in [-0.05, 0) is 56.7 Å². The van der Waals surface area contributed by atoms with Gasteiger partial charge in [0.2, 0.25) is 5.91 Å².